The maximum Gasteiger partial charge on any atom is 0.134 e. The first-order valence-electron chi connectivity index (χ1n) is 5.64. The monoisotopic (exact) mass is 241 g/mol. The molecule has 0 amide bonds. The van der Waals surface area contributed by atoms with E-state index in [4.69, 9.17) is 16.3 Å². The van der Waals surface area contributed by atoms with Crippen molar-refractivity contribution in [1.82, 2.24) is 9.97 Å². The van der Waals surface area contributed by atoms with Gasteiger partial charge in [-0.25, -0.2) is 9.97 Å². The molecule has 0 bridgehead atoms. The SMILES string of the molecule is Clc1cc(NCCCOCC2CC2)ncn1. The fraction of sp³-hybridized carbons (Fsp3) is 0.636. The lowest BCUT2D eigenvalue weighted by molar-refractivity contribution is 0.124. The molecular weight excluding hydrogens is 226 g/mol. The number of halogens is 1. The molecule has 0 radical (unpaired) electrons. The second kappa shape index (κ2) is 6.01. The molecule has 1 aliphatic rings. The van der Waals surface area contributed by atoms with Gasteiger partial charge >= 0.3 is 0 Å². The van der Waals surface area contributed by atoms with Gasteiger partial charge in [0.15, 0.2) is 0 Å². The molecule has 1 fully saturated rings. The van der Waals surface area contributed by atoms with Crippen LogP contribution >= 0.6 is 11.6 Å². The second-order valence-corrected chi connectivity index (χ2v) is 4.41. The van der Waals surface area contributed by atoms with E-state index in [-0.39, 0.29) is 0 Å². The Bertz CT molecular complexity index is 331. The summed E-state index contributed by atoms with van der Waals surface area (Å²) in [7, 11) is 0. The quantitative estimate of drug-likeness (QED) is 0.588. The van der Waals surface area contributed by atoms with Gasteiger partial charge in [-0.2, -0.15) is 0 Å². The van der Waals surface area contributed by atoms with E-state index >= 15 is 0 Å². The maximum atomic E-state index is 5.73. The minimum absolute atomic E-state index is 0.461. The first kappa shape index (κ1) is 11.6. The molecule has 5 heteroatoms. The van der Waals surface area contributed by atoms with E-state index in [1.807, 2.05) is 0 Å². The van der Waals surface area contributed by atoms with Crippen LogP contribution in [0.1, 0.15) is 19.3 Å². The molecule has 1 aromatic rings. The van der Waals surface area contributed by atoms with Crippen molar-refractivity contribution < 1.29 is 4.74 Å². The van der Waals surface area contributed by atoms with Gasteiger partial charge in [0, 0.05) is 25.8 Å². The molecule has 1 saturated carbocycles. The average Bonchev–Trinajstić information content (AvgIpc) is 3.07. The van der Waals surface area contributed by atoms with E-state index < -0.39 is 0 Å². The van der Waals surface area contributed by atoms with Crippen LogP contribution in [0.25, 0.3) is 0 Å². The van der Waals surface area contributed by atoms with Crippen LogP contribution in [0.3, 0.4) is 0 Å². The van der Waals surface area contributed by atoms with Gasteiger partial charge in [-0.3, -0.25) is 0 Å². The Kier molecular flexibility index (Phi) is 4.36. The summed E-state index contributed by atoms with van der Waals surface area (Å²) in [5.41, 5.74) is 0. The Hall–Kier alpha value is -0.870. The van der Waals surface area contributed by atoms with E-state index in [9.17, 15) is 0 Å². The largest absolute Gasteiger partial charge is 0.381 e. The lowest BCUT2D eigenvalue weighted by Crippen LogP contribution is -2.07. The summed E-state index contributed by atoms with van der Waals surface area (Å²) in [6, 6.07) is 1.71. The molecular formula is C11H16ClN3O. The zero-order valence-corrected chi connectivity index (χ0v) is 9.91. The number of hydrogen-bond donors (Lipinski definition) is 1. The number of hydrogen-bond acceptors (Lipinski definition) is 4. The maximum absolute atomic E-state index is 5.73. The van der Waals surface area contributed by atoms with E-state index in [0.29, 0.717) is 5.15 Å². The zero-order chi connectivity index (χ0) is 11.2. The molecule has 0 aliphatic heterocycles. The van der Waals surface area contributed by atoms with Gasteiger partial charge < -0.3 is 10.1 Å². The molecule has 0 unspecified atom stereocenters. The van der Waals surface area contributed by atoms with Crippen LogP contribution in [0.4, 0.5) is 5.82 Å². The van der Waals surface area contributed by atoms with E-state index in [0.717, 1.165) is 37.9 Å². The molecule has 1 aromatic heterocycles. The Morgan fingerprint density at radius 1 is 1.44 bits per heavy atom. The third-order valence-corrected chi connectivity index (χ3v) is 2.66. The molecule has 1 aliphatic carbocycles. The van der Waals surface area contributed by atoms with Crippen molar-refractivity contribution in [3.8, 4) is 0 Å². The molecule has 1 heterocycles. The third-order valence-electron chi connectivity index (χ3n) is 2.46. The summed E-state index contributed by atoms with van der Waals surface area (Å²) in [4.78, 5) is 7.86. The highest BCUT2D eigenvalue weighted by molar-refractivity contribution is 6.29. The lowest BCUT2D eigenvalue weighted by Gasteiger charge is -2.05. The Balaban J connectivity index is 1.53. The lowest BCUT2D eigenvalue weighted by atomic mass is 10.4. The molecule has 88 valence electrons. The van der Waals surface area contributed by atoms with Crippen LogP contribution in [0.5, 0.6) is 0 Å². The normalized spacial score (nSPS) is 15.1. The Labute approximate surface area is 100 Å². The molecule has 0 aromatic carbocycles. The number of anilines is 1. The van der Waals surface area contributed by atoms with Gasteiger partial charge in [-0.1, -0.05) is 11.6 Å². The van der Waals surface area contributed by atoms with Crippen LogP contribution in [0, 0.1) is 5.92 Å². The summed E-state index contributed by atoms with van der Waals surface area (Å²) in [5.74, 6) is 1.61. The molecule has 1 N–H and O–H groups in total. The molecule has 0 saturated heterocycles. The molecule has 4 nitrogen and oxygen atoms in total. The van der Waals surface area contributed by atoms with Crippen LogP contribution in [0.15, 0.2) is 12.4 Å². The van der Waals surface area contributed by atoms with Crippen LogP contribution in [-0.2, 0) is 4.74 Å². The zero-order valence-electron chi connectivity index (χ0n) is 9.16. The van der Waals surface area contributed by atoms with Gasteiger partial charge in [-0.15, -0.1) is 0 Å². The van der Waals surface area contributed by atoms with E-state index in [1.165, 1.54) is 19.2 Å². The highest BCUT2D eigenvalue weighted by Gasteiger charge is 2.20. The van der Waals surface area contributed by atoms with Crippen molar-refractivity contribution in [3.63, 3.8) is 0 Å². The van der Waals surface area contributed by atoms with Crippen molar-refractivity contribution >= 4 is 17.4 Å². The number of nitrogens with one attached hydrogen (secondary N) is 1. The summed E-state index contributed by atoms with van der Waals surface area (Å²) >= 11 is 5.73. The fourth-order valence-corrected chi connectivity index (χ4v) is 1.50. The summed E-state index contributed by atoms with van der Waals surface area (Å²) in [6.45, 7) is 2.58. The van der Waals surface area contributed by atoms with Gasteiger partial charge in [-0.05, 0) is 25.2 Å². The number of aromatic nitrogens is 2. The van der Waals surface area contributed by atoms with Crippen LogP contribution in [-0.4, -0.2) is 29.7 Å². The molecule has 0 spiro atoms. The van der Waals surface area contributed by atoms with Crippen LogP contribution < -0.4 is 5.32 Å². The first-order chi connectivity index (χ1) is 7.84. The van der Waals surface area contributed by atoms with Crippen molar-refractivity contribution in [2.24, 2.45) is 5.92 Å². The molecule has 16 heavy (non-hydrogen) atoms. The second-order valence-electron chi connectivity index (χ2n) is 4.02. The average molecular weight is 242 g/mol. The third kappa shape index (κ3) is 4.33. The first-order valence-corrected chi connectivity index (χ1v) is 6.01. The van der Waals surface area contributed by atoms with Gasteiger partial charge in [0.05, 0.1) is 0 Å². The number of rotatable bonds is 7. The van der Waals surface area contributed by atoms with Crippen molar-refractivity contribution in [2.45, 2.75) is 19.3 Å². The Morgan fingerprint density at radius 3 is 3.06 bits per heavy atom. The standard InChI is InChI=1S/C11H16ClN3O/c12-10-6-11(15-8-14-10)13-4-1-5-16-7-9-2-3-9/h6,8-9H,1-5,7H2,(H,13,14,15). The summed E-state index contributed by atoms with van der Waals surface area (Å²) < 4.78 is 5.52. The number of ether oxygens (including phenoxy) is 1. The van der Waals surface area contributed by atoms with Crippen molar-refractivity contribution in [3.05, 3.63) is 17.5 Å². The van der Waals surface area contributed by atoms with Gasteiger partial charge in [0.1, 0.15) is 17.3 Å². The molecule has 2 rings (SSSR count). The van der Waals surface area contributed by atoms with Crippen molar-refractivity contribution in [1.29, 1.82) is 0 Å². The van der Waals surface area contributed by atoms with Crippen molar-refractivity contribution in [2.75, 3.05) is 25.1 Å². The molecule has 0 atom stereocenters. The minimum atomic E-state index is 0.461. The minimum Gasteiger partial charge on any atom is -0.381 e. The van der Waals surface area contributed by atoms with Crippen LogP contribution in [0.2, 0.25) is 5.15 Å². The topological polar surface area (TPSA) is 47.0 Å². The predicted molar refractivity (Wildman–Crippen MR) is 63.7 cm³/mol. The van der Waals surface area contributed by atoms with Gasteiger partial charge in [0.25, 0.3) is 0 Å². The van der Waals surface area contributed by atoms with E-state index in [2.05, 4.69) is 15.3 Å². The summed E-state index contributed by atoms with van der Waals surface area (Å²) in [6.07, 6.45) is 5.12. The van der Waals surface area contributed by atoms with E-state index in [1.54, 1.807) is 6.07 Å². The Morgan fingerprint density at radius 2 is 2.31 bits per heavy atom. The smallest absolute Gasteiger partial charge is 0.134 e. The fourth-order valence-electron chi connectivity index (χ4n) is 1.36. The number of nitrogens with zero attached hydrogens (tertiary/aromatic N) is 2. The summed E-state index contributed by atoms with van der Waals surface area (Å²) in [5, 5.41) is 3.63. The highest BCUT2D eigenvalue weighted by Crippen LogP contribution is 2.28. The van der Waals surface area contributed by atoms with Gasteiger partial charge in [0.2, 0.25) is 0 Å². The highest BCUT2D eigenvalue weighted by atomic mass is 35.5. The predicted octanol–water partition coefficient (Wildman–Crippen LogP) is 2.36.